The molecule has 1 fully saturated rings. The molecule has 3 aromatic rings. The van der Waals surface area contributed by atoms with Gasteiger partial charge in [-0.1, -0.05) is 54.1 Å². The van der Waals surface area contributed by atoms with Gasteiger partial charge in [-0.25, -0.2) is 4.98 Å². The Morgan fingerprint density at radius 2 is 1.60 bits per heavy atom. The molecule has 0 radical (unpaired) electrons. The van der Waals surface area contributed by atoms with Gasteiger partial charge in [0, 0.05) is 45.0 Å². The van der Waals surface area contributed by atoms with E-state index in [4.69, 9.17) is 16.9 Å². The third-order valence-electron chi connectivity index (χ3n) is 5.42. The van der Waals surface area contributed by atoms with Crippen LogP contribution in [0.5, 0.6) is 0 Å². The third-order valence-corrected chi connectivity index (χ3v) is 5.72. The number of benzene rings is 2. The molecule has 30 heavy (non-hydrogen) atoms. The van der Waals surface area contributed by atoms with Crippen LogP contribution < -0.4 is 10.2 Å². The molecule has 2 aromatic carbocycles. The van der Waals surface area contributed by atoms with Crippen molar-refractivity contribution in [2.75, 3.05) is 36.4 Å². The molecule has 0 saturated carbocycles. The van der Waals surface area contributed by atoms with Gasteiger partial charge in [-0.2, -0.15) is 5.26 Å². The summed E-state index contributed by atoms with van der Waals surface area (Å²) < 4.78 is 0. The normalized spacial score (nSPS) is 14.3. The largest absolute Gasteiger partial charge is 0.369 e. The molecule has 1 aromatic heterocycles. The summed E-state index contributed by atoms with van der Waals surface area (Å²) >= 11 is 5.97. The van der Waals surface area contributed by atoms with Crippen molar-refractivity contribution in [1.29, 1.82) is 5.26 Å². The first kappa shape index (κ1) is 20.2. The van der Waals surface area contributed by atoms with Gasteiger partial charge in [0.25, 0.3) is 0 Å². The number of piperazine rings is 1. The average molecular weight is 418 g/mol. The van der Waals surface area contributed by atoms with Gasteiger partial charge in [-0.05, 0) is 35.4 Å². The number of rotatable bonds is 6. The van der Waals surface area contributed by atoms with Gasteiger partial charge >= 0.3 is 0 Å². The molecule has 0 amide bonds. The van der Waals surface area contributed by atoms with Crippen molar-refractivity contribution in [3.8, 4) is 6.07 Å². The van der Waals surface area contributed by atoms with E-state index in [2.05, 4.69) is 74.7 Å². The molecule has 1 aliphatic heterocycles. The molecule has 1 saturated heterocycles. The molecule has 6 heteroatoms. The monoisotopic (exact) mass is 417 g/mol. The topological polar surface area (TPSA) is 55.2 Å². The summed E-state index contributed by atoms with van der Waals surface area (Å²) in [5, 5.41) is 12.8. The zero-order valence-electron chi connectivity index (χ0n) is 16.8. The standard InChI is InChI=1S/C24H24ClN5/c25-22-10-11-24(28-23(22)16-26)27-17-19-6-4-5-7-20(19)18-29-12-14-30(15-13-29)21-8-2-1-3-9-21/h1-11H,12-15,17-18H2,(H,27,28). The zero-order valence-corrected chi connectivity index (χ0v) is 17.5. The lowest BCUT2D eigenvalue weighted by Crippen LogP contribution is -2.46. The van der Waals surface area contributed by atoms with E-state index >= 15 is 0 Å². The van der Waals surface area contributed by atoms with E-state index in [1.807, 2.05) is 6.07 Å². The summed E-state index contributed by atoms with van der Waals surface area (Å²) in [6.07, 6.45) is 0. The van der Waals surface area contributed by atoms with E-state index in [9.17, 15) is 0 Å². The second kappa shape index (κ2) is 9.62. The Bertz CT molecular complexity index is 1020. The quantitative estimate of drug-likeness (QED) is 0.638. The lowest BCUT2D eigenvalue weighted by atomic mass is 10.1. The molecule has 152 valence electrons. The van der Waals surface area contributed by atoms with E-state index in [0.717, 1.165) is 32.7 Å². The maximum absolute atomic E-state index is 9.11. The number of para-hydroxylation sites is 1. The number of anilines is 2. The van der Waals surface area contributed by atoms with Gasteiger partial charge in [0.05, 0.1) is 5.02 Å². The van der Waals surface area contributed by atoms with Gasteiger partial charge in [-0.15, -0.1) is 0 Å². The van der Waals surface area contributed by atoms with E-state index < -0.39 is 0 Å². The highest BCUT2D eigenvalue weighted by Gasteiger charge is 2.18. The van der Waals surface area contributed by atoms with Gasteiger partial charge in [0.2, 0.25) is 0 Å². The molecule has 0 atom stereocenters. The van der Waals surface area contributed by atoms with E-state index in [1.165, 1.54) is 16.8 Å². The van der Waals surface area contributed by atoms with Crippen LogP contribution in [0.4, 0.5) is 11.5 Å². The molecule has 0 bridgehead atoms. The van der Waals surface area contributed by atoms with Gasteiger partial charge in [0.15, 0.2) is 5.69 Å². The van der Waals surface area contributed by atoms with E-state index in [-0.39, 0.29) is 5.69 Å². The summed E-state index contributed by atoms with van der Waals surface area (Å²) in [4.78, 5) is 9.22. The van der Waals surface area contributed by atoms with Crippen molar-refractivity contribution in [3.05, 3.63) is 88.6 Å². The van der Waals surface area contributed by atoms with Crippen molar-refractivity contribution < 1.29 is 0 Å². The van der Waals surface area contributed by atoms with E-state index in [0.29, 0.717) is 17.4 Å². The third kappa shape index (κ3) is 4.91. The highest BCUT2D eigenvalue weighted by molar-refractivity contribution is 6.31. The number of nitriles is 1. The summed E-state index contributed by atoms with van der Waals surface area (Å²) in [6.45, 7) is 5.74. The Morgan fingerprint density at radius 3 is 2.33 bits per heavy atom. The minimum absolute atomic E-state index is 0.242. The van der Waals surface area contributed by atoms with Crippen LogP contribution in [0.25, 0.3) is 0 Å². The van der Waals surface area contributed by atoms with Crippen molar-refractivity contribution >= 4 is 23.1 Å². The second-order valence-corrected chi connectivity index (χ2v) is 7.77. The molecule has 1 aliphatic rings. The number of hydrogen-bond donors (Lipinski definition) is 1. The molecule has 0 spiro atoms. The molecular formula is C24H24ClN5. The summed E-state index contributed by atoms with van der Waals surface area (Å²) in [7, 11) is 0. The van der Waals surface area contributed by atoms with Gasteiger partial charge in [-0.3, -0.25) is 4.90 Å². The predicted octanol–water partition coefficient (Wildman–Crippen LogP) is 4.54. The van der Waals surface area contributed by atoms with Crippen LogP contribution in [0.1, 0.15) is 16.8 Å². The molecule has 0 unspecified atom stereocenters. The Hall–Kier alpha value is -3.07. The number of pyridine rings is 1. The SMILES string of the molecule is N#Cc1nc(NCc2ccccc2CN2CCN(c3ccccc3)CC2)ccc1Cl. The highest BCUT2D eigenvalue weighted by atomic mass is 35.5. The first-order valence-electron chi connectivity index (χ1n) is 10.1. The maximum atomic E-state index is 9.11. The van der Waals surface area contributed by atoms with Crippen molar-refractivity contribution in [3.63, 3.8) is 0 Å². The van der Waals surface area contributed by atoms with Gasteiger partial charge < -0.3 is 10.2 Å². The lowest BCUT2D eigenvalue weighted by molar-refractivity contribution is 0.249. The lowest BCUT2D eigenvalue weighted by Gasteiger charge is -2.36. The summed E-state index contributed by atoms with van der Waals surface area (Å²) in [5.41, 5.74) is 4.09. The Morgan fingerprint density at radius 1 is 0.900 bits per heavy atom. The van der Waals surface area contributed by atoms with Crippen molar-refractivity contribution in [2.45, 2.75) is 13.1 Å². The number of halogens is 1. The van der Waals surface area contributed by atoms with Crippen LogP contribution >= 0.6 is 11.6 Å². The highest BCUT2D eigenvalue weighted by Crippen LogP contribution is 2.20. The Kier molecular flexibility index (Phi) is 6.48. The molecule has 0 aliphatic carbocycles. The van der Waals surface area contributed by atoms with Crippen LogP contribution in [0.2, 0.25) is 5.02 Å². The minimum atomic E-state index is 0.242. The predicted molar refractivity (Wildman–Crippen MR) is 122 cm³/mol. The maximum Gasteiger partial charge on any atom is 0.161 e. The van der Waals surface area contributed by atoms with Crippen LogP contribution in [0, 0.1) is 11.3 Å². The average Bonchev–Trinajstić information content (AvgIpc) is 2.80. The second-order valence-electron chi connectivity index (χ2n) is 7.36. The Balaban J connectivity index is 1.36. The molecule has 4 rings (SSSR count). The first-order valence-corrected chi connectivity index (χ1v) is 10.5. The number of nitrogens with zero attached hydrogens (tertiary/aromatic N) is 4. The van der Waals surface area contributed by atoms with Crippen molar-refractivity contribution in [1.82, 2.24) is 9.88 Å². The van der Waals surface area contributed by atoms with Crippen molar-refractivity contribution in [2.24, 2.45) is 0 Å². The van der Waals surface area contributed by atoms with E-state index in [1.54, 1.807) is 12.1 Å². The molecule has 2 heterocycles. The fraction of sp³-hybridized carbons (Fsp3) is 0.250. The zero-order chi connectivity index (χ0) is 20.8. The van der Waals surface area contributed by atoms with Crippen LogP contribution in [0.15, 0.2) is 66.7 Å². The first-order chi connectivity index (χ1) is 14.7. The number of aromatic nitrogens is 1. The number of hydrogen-bond acceptors (Lipinski definition) is 5. The smallest absolute Gasteiger partial charge is 0.161 e. The number of nitrogens with one attached hydrogen (secondary N) is 1. The summed E-state index contributed by atoms with van der Waals surface area (Å²) in [5.74, 6) is 0.655. The Labute approximate surface area is 182 Å². The molecular weight excluding hydrogens is 394 g/mol. The van der Waals surface area contributed by atoms with Crippen LogP contribution in [-0.4, -0.2) is 36.1 Å². The van der Waals surface area contributed by atoms with Gasteiger partial charge in [0.1, 0.15) is 11.9 Å². The summed E-state index contributed by atoms with van der Waals surface area (Å²) in [6, 6.07) is 24.6. The van der Waals surface area contributed by atoms with Crippen LogP contribution in [-0.2, 0) is 13.1 Å². The molecule has 1 N–H and O–H groups in total. The fourth-order valence-electron chi connectivity index (χ4n) is 3.73. The fourth-order valence-corrected chi connectivity index (χ4v) is 3.88. The molecule has 5 nitrogen and oxygen atoms in total. The minimum Gasteiger partial charge on any atom is -0.369 e. The van der Waals surface area contributed by atoms with Crippen LogP contribution in [0.3, 0.4) is 0 Å².